The van der Waals surface area contributed by atoms with Crippen LogP contribution in [-0.4, -0.2) is 14.2 Å². The molecule has 0 heterocycles. The molecule has 0 unspecified atom stereocenters. The highest BCUT2D eigenvalue weighted by molar-refractivity contribution is 9.10. The van der Waals surface area contributed by atoms with Gasteiger partial charge >= 0.3 is 0 Å². The maximum absolute atomic E-state index is 13.6. The van der Waals surface area contributed by atoms with Crippen LogP contribution in [0.4, 0.5) is 4.39 Å². The Labute approximate surface area is 132 Å². The summed E-state index contributed by atoms with van der Waals surface area (Å²) in [5.74, 6) is 0.601. The van der Waals surface area contributed by atoms with Gasteiger partial charge in [-0.2, -0.15) is 0 Å². The zero-order valence-corrected chi connectivity index (χ0v) is 13.5. The summed E-state index contributed by atoms with van der Waals surface area (Å²) < 4.78 is 25.2. The van der Waals surface area contributed by atoms with Crippen LogP contribution in [0.15, 0.2) is 40.9 Å². The van der Waals surface area contributed by atoms with E-state index < -0.39 is 0 Å². The first kappa shape index (κ1) is 15.8. The van der Waals surface area contributed by atoms with Crippen molar-refractivity contribution in [2.75, 3.05) is 14.2 Å². The molecule has 0 aromatic heterocycles. The van der Waals surface area contributed by atoms with E-state index in [-0.39, 0.29) is 11.6 Å². The van der Waals surface area contributed by atoms with Crippen molar-refractivity contribution in [3.8, 4) is 11.5 Å². The lowest BCUT2D eigenvalue weighted by atomic mass is 10.2. The monoisotopic (exact) mass is 353 g/mol. The fraction of sp³-hybridized carbons (Fsp3) is 0.250. The van der Waals surface area contributed by atoms with E-state index in [1.165, 1.54) is 13.2 Å². The first-order valence-electron chi connectivity index (χ1n) is 6.52. The molecule has 0 saturated heterocycles. The minimum Gasteiger partial charge on any atom is -0.494 e. The lowest BCUT2D eigenvalue weighted by Gasteiger charge is -2.10. The molecule has 0 spiro atoms. The molecule has 1 N–H and O–H groups in total. The molecule has 2 aromatic carbocycles. The van der Waals surface area contributed by atoms with Gasteiger partial charge in [0.15, 0.2) is 11.6 Å². The fourth-order valence-corrected chi connectivity index (χ4v) is 2.32. The highest BCUT2D eigenvalue weighted by atomic mass is 79.9. The van der Waals surface area contributed by atoms with Gasteiger partial charge in [-0.1, -0.05) is 22.0 Å². The van der Waals surface area contributed by atoms with E-state index in [4.69, 9.17) is 9.47 Å². The Morgan fingerprint density at radius 1 is 1.19 bits per heavy atom. The first-order chi connectivity index (χ1) is 10.1. The van der Waals surface area contributed by atoms with E-state index in [9.17, 15) is 4.39 Å². The van der Waals surface area contributed by atoms with Crippen LogP contribution in [0.1, 0.15) is 11.1 Å². The second-order valence-corrected chi connectivity index (χ2v) is 5.40. The average Bonchev–Trinajstić information content (AvgIpc) is 2.48. The molecule has 0 atom stereocenters. The van der Waals surface area contributed by atoms with Crippen LogP contribution >= 0.6 is 15.9 Å². The summed E-state index contributed by atoms with van der Waals surface area (Å²) in [6.07, 6.45) is 0. The van der Waals surface area contributed by atoms with Crippen molar-refractivity contribution in [3.05, 3.63) is 57.8 Å². The Bertz CT molecular complexity index is 619. The zero-order valence-electron chi connectivity index (χ0n) is 12.0. The number of hydrogen-bond donors (Lipinski definition) is 1. The predicted molar refractivity (Wildman–Crippen MR) is 84.2 cm³/mol. The van der Waals surface area contributed by atoms with Gasteiger partial charge in [0.1, 0.15) is 12.4 Å². The second kappa shape index (κ2) is 7.43. The molecule has 112 valence electrons. The Hall–Kier alpha value is -1.59. The van der Waals surface area contributed by atoms with E-state index in [1.807, 2.05) is 25.2 Å². The van der Waals surface area contributed by atoms with Crippen LogP contribution in [0.5, 0.6) is 11.5 Å². The van der Waals surface area contributed by atoms with Gasteiger partial charge in [-0.25, -0.2) is 4.39 Å². The maximum Gasteiger partial charge on any atom is 0.165 e. The van der Waals surface area contributed by atoms with Crippen molar-refractivity contribution in [3.63, 3.8) is 0 Å². The number of nitrogens with one attached hydrogen (secondary N) is 1. The summed E-state index contributed by atoms with van der Waals surface area (Å²) in [4.78, 5) is 0. The fourth-order valence-electron chi connectivity index (χ4n) is 1.93. The lowest BCUT2D eigenvalue weighted by Crippen LogP contribution is -2.06. The number of benzene rings is 2. The van der Waals surface area contributed by atoms with Crippen molar-refractivity contribution >= 4 is 15.9 Å². The first-order valence-corrected chi connectivity index (χ1v) is 7.31. The molecule has 0 amide bonds. The second-order valence-electron chi connectivity index (χ2n) is 4.54. The zero-order chi connectivity index (χ0) is 15.2. The van der Waals surface area contributed by atoms with Gasteiger partial charge in [0.2, 0.25) is 0 Å². The average molecular weight is 354 g/mol. The van der Waals surface area contributed by atoms with E-state index in [0.717, 1.165) is 27.9 Å². The molecule has 0 saturated carbocycles. The smallest absolute Gasteiger partial charge is 0.165 e. The van der Waals surface area contributed by atoms with Crippen LogP contribution in [0.25, 0.3) is 0 Å². The Kier molecular flexibility index (Phi) is 5.59. The molecule has 0 radical (unpaired) electrons. The molecule has 2 aromatic rings. The molecule has 0 aliphatic heterocycles. The molecule has 0 aliphatic carbocycles. The molecular weight excluding hydrogens is 337 g/mol. The molecule has 21 heavy (non-hydrogen) atoms. The Morgan fingerprint density at radius 2 is 2.00 bits per heavy atom. The molecule has 5 heteroatoms. The highest BCUT2D eigenvalue weighted by Crippen LogP contribution is 2.24. The standard InChI is InChI=1S/C16H17BrFNO2/c1-19-9-12-8-13(4-5-14(12)17)21-10-11-3-6-16(20-2)15(18)7-11/h3-8,19H,9-10H2,1-2H3. The molecule has 3 nitrogen and oxygen atoms in total. The predicted octanol–water partition coefficient (Wildman–Crippen LogP) is 3.90. The van der Waals surface area contributed by atoms with Crippen molar-refractivity contribution in [1.29, 1.82) is 0 Å². The van der Waals surface area contributed by atoms with Crippen LogP contribution in [0, 0.1) is 5.82 Å². The number of rotatable bonds is 6. The molecule has 0 bridgehead atoms. The van der Waals surface area contributed by atoms with Gasteiger partial charge in [-0.05, 0) is 48.5 Å². The van der Waals surface area contributed by atoms with Crippen LogP contribution in [0.2, 0.25) is 0 Å². The van der Waals surface area contributed by atoms with E-state index in [0.29, 0.717) is 6.61 Å². The van der Waals surface area contributed by atoms with Crippen molar-refractivity contribution in [2.24, 2.45) is 0 Å². The summed E-state index contributed by atoms with van der Waals surface area (Å²) in [5, 5.41) is 3.10. The Balaban J connectivity index is 2.06. The molecule has 0 fully saturated rings. The van der Waals surface area contributed by atoms with Gasteiger partial charge in [0, 0.05) is 11.0 Å². The largest absolute Gasteiger partial charge is 0.494 e. The van der Waals surface area contributed by atoms with Crippen LogP contribution in [-0.2, 0) is 13.2 Å². The molecule has 0 aliphatic rings. The normalized spacial score (nSPS) is 10.5. The van der Waals surface area contributed by atoms with Crippen molar-refractivity contribution < 1.29 is 13.9 Å². The summed E-state index contributed by atoms with van der Waals surface area (Å²) in [6.45, 7) is 1.05. The topological polar surface area (TPSA) is 30.5 Å². The third kappa shape index (κ3) is 4.19. The van der Waals surface area contributed by atoms with Gasteiger partial charge in [-0.15, -0.1) is 0 Å². The summed E-state index contributed by atoms with van der Waals surface area (Å²) in [7, 11) is 3.33. The number of halogens is 2. The number of methoxy groups -OCH3 is 1. The van der Waals surface area contributed by atoms with E-state index >= 15 is 0 Å². The molecule has 2 rings (SSSR count). The number of hydrogen-bond acceptors (Lipinski definition) is 3. The maximum atomic E-state index is 13.6. The number of ether oxygens (including phenoxy) is 2. The van der Waals surface area contributed by atoms with Crippen LogP contribution < -0.4 is 14.8 Å². The minimum atomic E-state index is -0.384. The summed E-state index contributed by atoms with van der Waals surface area (Å²) in [6, 6.07) is 10.6. The van der Waals surface area contributed by atoms with Crippen molar-refractivity contribution in [2.45, 2.75) is 13.2 Å². The van der Waals surface area contributed by atoms with Gasteiger partial charge in [0.25, 0.3) is 0 Å². The third-order valence-corrected chi connectivity index (χ3v) is 3.78. The van der Waals surface area contributed by atoms with E-state index in [2.05, 4.69) is 21.2 Å². The van der Waals surface area contributed by atoms with Gasteiger partial charge < -0.3 is 14.8 Å². The van der Waals surface area contributed by atoms with Crippen molar-refractivity contribution in [1.82, 2.24) is 5.32 Å². The summed E-state index contributed by atoms with van der Waals surface area (Å²) >= 11 is 3.49. The lowest BCUT2D eigenvalue weighted by molar-refractivity contribution is 0.304. The highest BCUT2D eigenvalue weighted by Gasteiger charge is 2.05. The SMILES string of the molecule is CNCc1cc(OCc2ccc(OC)c(F)c2)ccc1Br. The van der Waals surface area contributed by atoms with Crippen LogP contribution in [0.3, 0.4) is 0 Å². The molecular formula is C16H17BrFNO2. The van der Waals surface area contributed by atoms with Gasteiger partial charge in [-0.3, -0.25) is 0 Å². The Morgan fingerprint density at radius 3 is 2.67 bits per heavy atom. The van der Waals surface area contributed by atoms with Gasteiger partial charge in [0.05, 0.1) is 7.11 Å². The quantitative estimate of drug-likeness (QED) is 0.854. The third-order valence-electron chi connectivity index (χ3n) is 3.01. The minimum absolute atomic E-state index is 0.235. The summed E-state index contributed by atoms with van der Waals surface area (Å²) in [5.41, 5.74) is 1.86. The van der Waals surface area contributed by atoms with E-state index in [1.54, 1.807) is 12.1 Å².